The van der Waals surface area contributed by atoms with Crippen LogP contribution in [0.4, 0.5) is 0 Å². The molecular formula is C14H17NO4S. The van der Waals surface area contributed by atoms with Gasteiger partial charge in [0, 0.05) is 17.3 Å². The van der Waals surface area contributed by atoms with Gasteiger partial charge in [-0.15, -0.1) is 0 Å². The fraction of sp³-hybridized carbons (Fsp3) is 0.286. The van der Waals surface area contributed by atoms with Crippen LogP contribution in [0.3, 0.4) is 0 Å². The average molecular weight is 295 g/mol. The van der Waals surface area contributed by atoms with E-state index in [9.17, 15) is 13.5 Å². The number of hydrogen-bond acceptors (Lipinski definition) is 4. The second-order valence-corrected chi connectivity index (χ2v) is 6.25. The van der Waals surface area contributed by atoms with Crippen molar-refractivity contribution in [3.63, 3.8) is 0 Å². The normalized spacial score (nSPS) is 13.3. The number of sulfonamides is 1. The minimum absolute atomic E-state index is 0.0251. The zero-order valence-electron chi connectivity index (χ0n) is 11.3. The summed E-state index contributed by atoms with van der Waals surface area (Å²) in [7, 11) is -2.13. The molecule has 2 aromatic rings. The predicted molar refractivity (Wildman–Crippen MR) is 77.4 cm³/mol. The summed E-state index contributed by atoms with van der Waals surface area (Å²) < 4.78 is 32.2. The minimum atomic E-state index is -3.67. The van der Waals surface area contributed by atoms with Gasteiger partial charge in [-0.25, -0.2) is 13.1 Å². The first-order valence-electron chi connectivity index (χ1n) is 6.19. The van der Waals surface area contributed by atoms with Crippen LogP contribution in [-0.2, 0) is 10.0 Å². The van der Waals surface area contributed by atoms with E-state index in [1.165, 1.54) is 13.0 Å². The largest absolute Gasteiger partial charge is 0.496 e. The number of methoxy groups -OCH3 is 1. The van der Waals surface area contributed by atoms with E-state index in [1.807, 2.05) is 12.1 Å². The summed E-state index contributed by atoms with van der Waals surface area (Å²) in [6, 6.07) is 10.3. The molecule has 2 rings (SSSR count). The van der Waals surface area contributed by atoms with Gasteiger partial charge in [-0.1, -0.05) is 24.3 Å². The summed E-state index contributed by atoms with van der Waals surface area (Å²) in [6.45, 7) is 1.50. The summed E-state index contributed by atoms with van der Waals surface area (Å²) in [5.74, 6) is 0.620. The van der Waals surface area contributed by atoms with E-state index in [0.717, 1.165) is 5.39 Å². The quantitative estimate of drug-likeness (QED) is 0.876. The lowest BCUT2D eigenvalue weighted by atomic mass is 10.1. The molecule has 0 radical (unpaired) electrons. The van der Waals surface area contributed by atoms with E-state index in [0.29, 0.717) is 11.1 Å². The summed E-state index contributed by atoms with van der Waals surface area (Å²) in [4.78, 5) is 0.176. The highest BCUT2D eigenvalue weighted by atomic mass is 32.2. The zero-order chi connectivity index (χ0) is 14.8. The molecule has 1 atom stereocenters. The highest BCUT2D eigenvalue weighted by Gasteiger charge is 2.19. The standard InChI is InChI=1S/C14H17NO4S/c1-10(16)9-15-20(17,18)14-8-7-13(19-2)11-5-3-4-6-12(11)14/h3-8,10,15-16H,9H2,1-2H3/t10-/m1/s1. The van der Waals surface area contributed by atoms with Crippen molar-refractivity contribution in [3.8, 4) is 5.75 Å². The molecule has 6 heteroatoms. The summed E-state index contributed by atoms with van der Waals surface area (Å²) >= 11 is 0. The van der Waals surface area contributed by atoms with Crippen molar-refractivity contribution < 1.29 is 18.3 Å². The molecule has 0 bridgehead atoms. The van der Waals surface area contributed by atoms with Gasteiger partial charge in [-0.05, 0) is 19.1 Å². The first-order chi connectivity index (χ1) is 9.45. The molecule has 0 aliphatic carbocycles. The van der Waals surface area contributed by atoms with Crippen LogP contribution in [0.1, 0.15) is 6.92 Å². The van der Waals surface area contributed by atoms with Crippen LogP contribution in [0, 0.1) is 0 Å². The smallest absolute Gasteiger partial charge is 0.241 e. The third-order valence-corrected chi connectivity index (χ3v) is 4.40. The van der Waals surface area contributed by atoms with Crippen LogP contribution in [-0.4, -0.2) is 33.3 Å². The Morgan fingerprint density at radius 3 is 2.45 bits per heavy atom. The van der Waals surface area contributed by atoms with Crippen molar-refractivity contribution in [1.82, 2.24) is 4.72 Å². The number of ether oxygens (including phenoxy) is 1. The van der Waals surface area contributed by atoms with Crippen molar-refractivity contribution in [2.75, 3.05) is 13.7 Å². The van der Waals surface area contributed by atoms with Crippen molar-refractivity contribution in [3.05, 3.63) is 36.4 Å². The summed E-state index contributed by atoms with van der Waals surface area (Å²) in [6.07, 6.45) is -0.741. The zero-order valence-corrected chi connectivity index (χ0v) is 12.1. The second-order valence-electron chi connectivity index (χ2n) is 4.51. The van der Waals surface area contributed by atoms with Crippen molar-refractivity contribution in [2.45, 2.75) is 17.9 Å². The van der Waals surface area contributed by atoms with Crippen LogP contribution in [0.15, 0.2) is 41.3 Å². The van der Waals surface area contributed by atoms with Gasteiger partial charge in [0.15, 0.2) is 0 Å². The summed E-state index contributed by atoms with van der Waals surface area (Å²) in [5, 5.41) is 10.5. The monoisotopic (exact) mass is 295 g/mol. The van der Waals surface area contributed by atoms with E-state index < -0.39 is 16.1 Å². The molecular weight excluding hydrogens is 278 g/mol. The van der Waals surface area contributed by atoms with Crippen LogP contribution in [0.25, 0.3) is 10.8 Å². The van der Waals surface area contributed by atoms with Crippen LogP contribution in [0.5, 0.6) is 5.75 Å². The number of hydrogen-bond donors (Lipinski definition) is 2. The highest BCUT2D eigenvalue weighted by molar-refractivity contribution is 7.89. The molecule has 0 spiro atoms. The van der Waals surface area contributed by atoms with Gasteiger partial charge in [-0.2, -0.15) is 0 Å². The van der Waals surface area contributed by atoms with Crippen molar-refractivity contribution in [1.29, 1.82) is 0 Å². The predicted octanol–water partition coefficient (Wildman–Crippen LogP) is 1.51. The van der Waals surface area contributed by atoms with Crippen LogP contribution in [0.2, 0.25) is 0 Å². The molecule has 2 aromatic carbocycles. The number of aliphatic hydroxyl groups excluding tert-OH is 1. The minimum Gasteiger partial charge on any atom is -0.496 e. The first-order valence-corrected chi connectivity index (χ1v) is 7.67. The van der Waals surface area contributed by atoms with Gasteiger partial charge in [0.05, 0.1) is 18.1 Å². The molecule has 0 saturated heterocycles. The fourth-order valence-electron chi connectivity index (χ4n) is 1.96. The van der Waals surface area contributed by atoms with Gasteiger partial charge in [0.2, 0.25) is 10.0 Å². The Labute approximate surface area is 118 Å². The average Bonchev–Trinajstić information content (AvgIpc) is 2.44. The molecule has 5 nitrogen and oxygen atoms in total. The van der Waals surface area contributed by atoms with E-state index in [2.05, 4.69) is 4.72 Å². The molecule has 0 heterocycles. The van der Waals surface area contributed by atoms with Gasteiger partial charge >= 0.3 is 0 Å². The molecule has 0 aromatic heterocycles. The van der Waals surface area contributed by atoms with E-state index in [-0.39, 0.29) is 11.4 Å². The van der Waals surface area contributed by atoms with Crippen LogP contribution >= 0.6 is 0 Å². The van der Waals surface area contributed by atoms with Gasteiger partial charge in [-0.3, -0.25) is 0 Å². The Bertz CT molecular complexity index is 710. The highest BCUT2D eigenvalue weighted by Crippen LogP contribution is 2.30. The maximum absolute atomic E-state index is 12.3. The Hall–Kier alpha value is -1.63. The van der Waals surface area contributed by atoms with Crippen molar-refractivity contribution in [2.24, 2.45) is 0 Å². The number of benzene rings is 2. The Balaban J connectivity index is 2.55. The SMILES string of the molecule is COc1ccc(S(=O)(=O)NC[C@@H](C)O)c2ccccc12. The molecule has 0 saturated carbocycles. The second kappa shape index (κ2) is 5.78. The molecule has 0 aliphatic heterocycles. The van der Waals surface area contributed by atoms with E-state index >= 15 is 0 Å². The molecule has 0 amide bonds. The fourth-order valence-corrected chi connectivity index (χ4v) is 3.29. The number of rotatable bonds is 5. The van der Waals surface area contributed by atoms with Gasteiger partial charge in [0.25, 0.3) is 0 Å². The number of aliphatic hydroxyl groups is 1. The topological polar surface area (TPSA) is 75.6 Å². The lowest BCUT2D eigenvalue weighted by Crippen LogP contribution is -2.30. The first kappa shape index (κ1) is 14.8. The van der Waals surface area contributed by atoms with Gasteiger partial charge in [0.1, 0.15) is 5.75 Å². The summed E-state index contributed by atoms with van der Waals surface area (Å²) in [5.41, 5.74) is 0. The maximum atomic E-state index is 12.3. The Kier molecular flexibility index (Phi) is 4.27. The Morgan fingerprint density at radius 1 is 1.20 bits per heavy atom. The van der Waals surface area contributed by atoms with E-state index in [1.54, 1.807) is 25.3 Å². The molecule has 0 unspecified atom stereocenters. The van der Waals surface area contributed by atoms with Crippen LogP contribution < -0.4 is 9.46 Å². The number of fused-ring (bicyclic) bond motifs is 1. The molecule has 0 fully saturated rings. The van der Waals surface area contributed by atoms with Gasteiger partial charge < -0.3 is 9.84 Å². The third-order valence-electron chi connectivity index (χ3n) is 2.92. The number of nitrogens with one attached hydrogen (secondary N) is 1. The molecule has 2 N–H and O–H groups in total. The molecule has 20 heavy (non-hydrogen) atoms. The lowest BCUT2D eigenvalue weighted by molar-refractivity contribution is 0.198. The Morgan fingerprint density at radius 2 is 1.85 bits per heavy atom. The van der Waals surface area contributed by atoms with Crippen molar-refractivity contribution >= 4 is 20.8 Å². The maximum Gasteiger partial charge on any atom is 0.241 e. The van der Waals surface area contributed by atoms with E-state index in [4.69, 9.17) is 4.74 Å². The third kappa shape index (κ3) is 2.92. The molecule has 0 aliphatic rings. The lowest BCUT2D eigenvalue weighted by Gasteiger charge is -2.12. The molecule has 108 valence electrons.